The maximum absolute atomic E-state index is 13.1. The number of hydrogen-bond donors (Lipinski definition) is 0. The Bertz CT molecular complexity index is 883. The van der Waals surface area contributed by atoms with Crippen LogP contribution < -0.4 is 4.90 Å². The molecular formula is C23H27N3O3. The van der Waals surface area contributed by atoms with Gasteiger partial charge in [-0.3, -0.25) is 14.5 Å². The van der Waals surface area contributed by atoms with Crippen molar-refractivity contribution in [1.29, 1.82) is 5.26 Å². The minimum Gasteiger partial charge on any atom is -0.376 e. The van der Waals surface area contributed by atoms with Gasteiger partial charge in [0.1, 0.15) is 11.6 Å². The zero-order valence-electron chi connectivity index (χ0n) is 17.3. The number of anilines is 1. The smallest absolute Gasteiger partial charge is 0.271 e. The van der Waals surface area contributed by atoms with Crippen molar-refractivity contribution in [2.45, 2.75) is 39.7 Å². The van der Waals surface area contributed by atoms with Gasteiger partial charge in [-0.15, -0.1) is 0 Å². The lowest BCUT2D eigenvalue weighted by Crippen LogP contribution is -2.46. The van der Waals surface area contributed by atoms with Gasteiger partial charge in [-0.25, -0.2) is 0 Å². The van der Waals surface area contributed by atoms with E-state index >= 15 is 0 Å². The lowest BCUT2D eigenvalue weighted by atomic mass is 9.93. The van der Waals surface area contributed by atoms with Gasteiger partial charge in [0, 0.05) is 31.0 Å². The number of rotatable bonds is 6. The average Bonchev–Trinajstić information content (AvgIpc) is 3.24. The van der Waals surface area contributed by atoms with E-state index in [9.17, 15) is 14.9 Å². The maximum atomic E-state index is 13.1. The lowest BCUT2D eigenvalue weighted by Gasteiger charge is -2.29. The van der Waals surface area contributed by atoms with E-state index in [0.29, 0.717) is 17.8 Å². The molecule has 29 heavy (non-hydrogen) atoms. The SMILES string of the molecule is CCN(CC)c1ccc(/C=C2/C(=O)N(CC3CCCO3)C(=O)C(C#N)=C2C)cc1. The molecular weight excluding hydrogens is 366 g/mol. The number of nitriles is 1. The van der Waals surface area contributed by atoms with E-state index in [0.717, 1.165) is 42.1 Å². The van der Waals surface area contributed by atoms with Gasteiger partial charge in [-0.2, -0.15) is 5.26 Å². The second-order valence-electron chi connectivity index (χ2n) is 7.29. The van der Waals surface area contributed by atoms with Gasteiger partial charge in [-0.1, -0.05) is 12.1 Å². The summed E-state index contributed by atoms with van der Waals surface area (Å²) >= 11 is 0. The third-order valence-corrected chi connectivity index (χ3v) is 5.57. The van der Waals surface area contributed by atoms with Crippen LogP contribution in [0, 0.1) is 11.3 Å². The number of benzene rings is 1. The highest BCUT2D eigenvalue weighted by Crippen LogP contribution is 2.28. The fourth-order valence-electron chi connectivity index (χ4n) is 3.82. The van der Waals surface area contributed by atoms with Gasteiger partial charge in [0.2, 0.25) is 0 Å². The topological polar surface area (TPSA) is 73.6 Å². The van der Waals surface area contributed by atoms with Crippen LogP contribution in [0.2, 0.25) is 0 Å². The Balaban J connectivity index is 1.93. The third kappa shape index (κ3) is 4.25. The number of carbonyl (C=O) groups excluding carboxylic acids is 2. The average molecular weight is 393 g/mol. The van der Waals surface area contributed by atoms with Gasteiger partial charge < -0.3 is 9.64 Å². The molecule has 0 radical (unpaired) electrons. The van der Waals surface area contributed by atoms with Gasteiger partial charge >= 0.3 is 0 Å². The highest BCUT2D eigenvalue weighted by atomic mass is 16.5. The fraction of sp³-hybridized carbons (Fsp3) is 0.435. The molecule has 152 valence electrons. The van der Waals surface area contributed by atoms with E-state index in [-0.39, 0.29) is 24.1 Å². The molecule has 6 nitrogen and oxygen atoms in total. The highest BCUT2D eigenvalue weighted by Gasteiger charge is 2.37. The summed E-state index contributed by atoms with van der Waals surface area (Å²) in [5.41, 5.74) is 2.81. The van der Waals surface area contributed by atoms with Gasteiger partial charge in [0.05, 0.1) is 12.6 Å². The van der Waals surface area contributed by atoms with E-state index in [1.807, 2.05) is 30.3 Å². The fourth-order valence-corrected chi connectivity index (χ4v) is 3.82. The van der Waals surface area contributed by atoms with E-state index in [1.54, 1.807) is 13.0 Å². The van der Waals surface area contributed by atoms with E-state index in [4.69, 9.17) is 4.74 Å². The standard InChI is InChI=1S/C23H27N3O3/c1-4-25(5-2)18-10-8-17(9-11-18)13-20-16(3)21(14-24)23(28)26(22(20)27)15-19-7-6-12-29-19/h8-11,13,19H,4-7,12,15H2,1-3H3/b20-13+. The first-order valence-corrected chi connectivity index (χ1v) is 10.2. The number of ether oxygens (including phenoxy) is 1. The second kappa shape index (κ2) is 9.06. The van der Waals surface area contributed by atoms with Crippen molar-refractivity contribution < 1.29 is 14.3 Å². The summed E-state index contributed by atoms with van der Waals surface area (Å²) in [5, 5.41) is 9.50. The predicted molar refractivity (Wildman–Crippen MR) is 112 cm³/mol. The third-order valence-electron chi connectivity index (χ3n) is 5.57. The van der Waals surface area contributed by atoms with Crippen LogP contribution in [0.4, 0.5) is 5.69 Å². The summed E-state index contributed by atoms with van der Waals surface area (Å²) in [7, 11) is 0. The molecule has 1 atom stereocenters. The largest absolute Gasteiger partial charge is 0.376 e. The molecule has 2 aliphatic heterocycles. The van der Waals surface area contributed by atoms with Crippen LogP contribution in [0.15, 0.2) is 41.0 Å². The van der Waals surface area contributed by atoms with E-state index in [2.05, 4.69) is 18.7 Å². The van der Waals surface area contributed by atoms with Crippen molar-refractivity contribution in [2.75, 3.05) is 31.1 Å². The number of hydrogen-bond acceptors (Lipinski definition) is 5. The van der Waals surface area contributed by atoms with Crippen LogP contribution in [-0.4, -0.2) is 49.1 Å². The Morgan fingerprint density at radius 1 is 1.21 bits per heavy atom. The van der Waals surface area contributed by atoms with Crippen molar-refractivity contribution in [3.05, 3.63) is 46.5 Å². The van der Waals surface area contributed by atoms with Crippen LogP contribution in [0.25, 0.3) is 6.08 Å². The Morgan fingerprint density at radius 2 is 1.90 bits per heavy atom. The number of carbonyl (C=O) groups is 2. The minimum absolute atomic E-state index is 0.0219. The molecule has 1 saturated heterocycles. The van der Waals surface area contributed by atoms with Crippen LogP contribution in [0.5, 0.6) is 0 Å². The molecule has 0 spiro atoms. The summed E-state index contributed by atoms with van der Waals surface area (Å²) in [6.45, 7) is 8.55. The van der Waals surface area contributed by atoms with Crippen molar-refractivity contribution in [3.8, 4) is 6.07 Å². The lowest BCUT2D eigenvalue weighted by molar-refractivity contribution is -0.142. The van der Waals surface area contributed by atoms with Crippen molar-refractivity contribution in [2.24, 2.45) is 0 Å². The molecule has 0 saturated carbocycles. The van der Waals surface area contributed by atoms with Gasteiger partial charge in [0.25, 0.3) is 11.8 Å². The molecule has 0 bridgehead atoms. The summed E-state index contributed by atoms with van der Waals surface area (Å²) in [6, 6.07) is 9.93. The molecule has 1 fully saturated rings. The zero-order valence-corrected chi connectivity index (χ0v) is 17.3. The van der Waals surface area contributed by atoms with Crippen molar-refractivity contribution in [3.63, 3.8) is 0 Å². The molecule has 2 heterocycles. The first kappa shape index (κ1) is 20.8. The molecule has 1 unspecified atom stereocenters. The Morgan fingerprint density at radius 3 is 2.45 bits per heavy atom. The molecule has 0 aliphatic carbocycles. The molecule has 0 N–H and O–H groups in total. The Hall–Kier alpha value is -2.91. The highest BCUT2D eigenvalue weighted by molar-refractivity contribution is 6.19. The molecule has 1 aromatic rings. The minimum atomic E-state index is -0.528. The number of amides is 2. The number of imide groups is 1. The quantitative estimate of drug-likeness (QED) is 0.548. The predicted octanol–water partition coefficient (Wildman–Crippen LogP) is 3.30. The zero-order chi connectivity index (χ0) is 21.0. The molecule has 0 aromatic heterocycles. The first-order valence-electron chi connectivity index (χ1n) is 10.2. The second-order valence-corrected chi connectivity index (χ2v) is 7.29. The van der Waals surface area contributed by atoms with Crippen LogP contribution in [-0.2, 0) is 14.3 Å². The molecule has 2 amide bonds. The normalized spacial score (nSPS) is 21.1. The number of nitrogens with zero attached hydrogens (tertiary/aromatic N) is 3. The molecule has 2 aliphatic rings. The van der Waals surface area contributed by atoms with Crippen LogP contribution in [0.3, 0.4) is 0 Å². The Labute approximate surface area is 172 Å². The monoisotopic (exact) mass is 393 g/mol. The van der Waals surface area contributed by atoms with Crippen LogP contribution >= 0.6 is 0 Å². The van der Waals surface area contributed by atoms with E-state index < -0.39 is 5.91 Å². The van der Waals surface area contributed by atoms with Gasteiger partial charge in [0.15, 0.2) is 0 Å². The summed E-state index contributed by atoms with van der Waals surface area (Å²) in [4.78, 5) is 29.2. The van der Waals surface area contributed by atoms with Crippen LogP contribution in [0.1, 0.15) is 39.2 Å². The maximum Gasteiger partial charge on any atom is 0.271 e. The molecule has 1 aromatic carbocycles. The first-order chi connectivity index (χ1) is 14.0. The van der Waals surface area contributed by atoms with E-state index in [1.165, 1.54) is 0 Å². The molecule has 3 rings (SSSR count). The molecule has 6 heteroatoms. The van der Waals surface area contributed by atoms with Crippen molar-refractivity contribution in [1.82, 2.24) is 4.90 Å². The summed E-state index contributed by atoms with van der Waals surface area (Å²) < 4.78 is 5.59. The summed E-state index contributed by atoms with van der Waals surface area (Å²) in [6.07, 6.45) is 3.34. The van der Waals surface area contributed by atoms with Gasteiger partial charge in [-0.05, 0) is 63.0 Å². The van der Waals surface area contributed by atoms with Crippen molar-refractivity contribution >= 4 is 23.6 Å². The Kier molecular flexibility index (Phi) is 6.50. The summed E-state index contributed by atoms with van der Waals surface area (Å²) in [5.74, 6) is -0.894.